The van der Waals surface area contributed by atoms with Crippen LogP contribution in [0, 0.1) is 0 Å². The molecule has 0 bridgehead atoms. The molecule has 4 nitrogen and oxygen atoms in total. The van der Waals surface area contributed by atoms with E-state index in [0.29, 0.717) is 15.6 Å². The standard InChI is InChI=1S/C20H19ClN2O2S/c1-12(2)25-15-10-8-14(9-11-15)13(3)22-23-20(24)19-18(21)16-6-4-5-7-17(16)26-19/h4-12H,1-3H3,(H,23,24). The third-order valence-electron chi connectivity index (χ3n) is 3.71. The molecule has 3 aromatic rings. The fourth-order valence-corrected chi connectivity index (χ4v) is 3.86. The lowest BCUT2D eigenvalue weighted by Crippen LogP contribution is -2.18. The van der Waals surface area contributed by atoms with Crippen LogP contribution < -0.4 is 10.2 Å². The van der Waals surface area contributed by atoms with Crippen LogP contribution in [0.3, 0.4) is 0 Å². The SMILES string of the molecule is CC(=NNC(=O)c1sc2ccccc2c1Cl)c1ccc(OC(C)C)cc1. The number of benzene rings is 2. The molecule has 26 heavy (non-hydrogen) atoms. The van der Waals surface area contributed by atoms with Crippen LogP contribution in [0.25, 0.3) is 10.1 Å². The second kappa shape index (κ2) is 7.89. The van der Waals surface area contributed by atoms with Gasteiger partial charge in [-0.1, -0.05) is 29.8 Å². The van der Waals surface area contributed by atoms with E-state index in [1.165, 1.54) is 11.3 Å². The van der Waals surface area contributed by atoms with Gasteiger partial charge in [0, 0.05) is 10.1 Å². The Morgan fingerprint density at radius 3 is 2.50 bits per heavy atom. The van der Waals surface area contributed by atoms with Gasteiger partial charge < -0.3 is 4.74 Å². The number of thiophene rings is 1. The van der Waals surface area contributed by atoms with Gasteiger partial charge in [-0.2, -0.15) is 5.10 Å². The fraction of sp³-hybridized carbons (Fsp3) is 0.200. The molecule has 1 N–H and O–H groups in total. The third-order valence-corrected chi connectivity index (χ3v) is 5.38. The molecule has 3 rings (SSSR count). The first-order chi connectivity index (χ1) is 12.5. The molecule has 0 spiro atoms. The Balaban J connectivity index is 1.73. The molecule has 1 amide bonds. The van der Waals surface area contributed by atoms with E-state index in [0.717, 1.165) is 21.4 Å². The van der Waals surface area contributed by atoms with E-state index in [-0.39, 0.29) is 12.0 Å². The van der Waals surface area contributed by atoms with Crippen LogP contribution in [0.1, 0.15) is 36.0 Å². The number of ether oxygens (including phenoxy) is 1. The van der Waals surface area contributed by atoms with E-state index in [1.54, 1.807) is 0 Å². The van der Waals surface area contributed by atoms with Crippen LogP contribution in [0.4, 0.5) is 0 Å². The molecule has 6 heteroatoms. The summed E-state index contributed by atoms with van der Waals surface area (Å²) in [5.74, 6) is 0.493. The minimum atomic E-state index is -0.310. The predicted octanol–water partition coefficient (Wildman–Crippen LogP) is 5.50. The average Bonchev–Trinajstić information content (AvgIpc) is 2.97. The number of amides is 1. The third kappa shape index (κ3) is 4.06. The Labute approximate surface area is 161 Å². The smallest absolute Gasteiger partial charge is 0.283 e. The van der Waals surface area contributed by atoms with Gasteiger partial charge in [0.1, 0.15) is 10.6 Å². The van der Waals surface area contributed by atoms with Crippen LogP contribution in [0.5, 0.6) is 5.75 Å². The van der Waals surface area contributed by atoms with Gasteiger partial charge in [0.15, 0.2) is 0 Å². The van der Waals surface area contributed by atoms with Gasteiger partial charge in [-0.25, -0.2) is 5.43 Å². The highest BCUT2D eigenvalue weighted by molar-refractivity contribution is 7.21. The lowest BCUT2D eigenvalue weighted by molar-refractivity contribution is 0.0959. The summed E-state index contributed by atoms with van der Waals surface area (Å²) in [6.45, 7) is 5.80. The summed E-state index contributed by atoms with van der Waals surface area (Å²) >= 11 is 7.69. The van der Waals surface area contributed by atoms with Crippen molar-refractivity contribution in [1.29, 1.82) is 0 Å². The molecule has 2 aromatic carbocycles. The average molecular weight is 387 g/mol. The molecule has 0 aliphatic carbocycles. The summed E-state index contributed by atoms with van der Waals surface area (Å²) in [6, 6.07) is 15.3. The van der Waals surface area contributed by atoms with E-state index >= 15 is 0 Å². The van der Waals surface area contributed by atoms with E-state index in [4.69, 9.17) is 16.3 Å². The van der Waals surface area contributed by atoms with Gasteiger partial charge in [0.25, 0.3) is 5.91 Å². The quantitative estimate of drug-likeness (QED) is 0.465. The summed E-state index contributed by atoms with van der Waals surface area (Å²) < 4.78 is 6.60. The largest absolute Gasteiger partial charge is 0.491 e. The summed E-state index contributed by atoms with van der Waals surface area (Å²) in [7, 11) is 0. The zero-order valence-electron chi connectivity index (χ0n) is 14.7. The van der Waals surface area contributed by atoms with Crippen LogP contribution in [-0.4, -0.2) is 17.7 Å². The van der Waals surface area contributed by atoms with Gasteiger partial charge in [-0.15, -0.1) is 11.3 Å². The van der Waals surface area contributed by atoms with E-state index < -0.39 is 0 Å². The van der Waals surface area contributed by atoms with Gasteiger partial charge in [0.05, 0.1) is 16.8 Å². The van der Waals surface area contributed by atoms with Crippen molar-refractivity contribution in [2.45, 2.75) is 26.9 Å². The van der Waals surface area contributed by atoms with Crippen molar-refractivity contribution in [3.63, 3.8) is 0 Å². The van der Waals surface area contributed by atoms with Crippen LogP contribution in [-0.2, 0) is 0 Å². The Kier molecular flexibility index (Phi) is 5.59. The zero-order chi connectivity index (χ0) is 18.7. The molecule has 0 atom stereocenters. The Morgan fingerprint density at radius 1 is 1.15 bits per heavy atom. The maximum atomic E-state index is 12.4. The predicted molar refractivity (Wildman–Crippen MR) is 109 cm³/mol. The van der Waals surface area contributed by atoms with Gasteiger partial charge in [-0.3, -0.25) is 4.79 Å². The normalized spacial score (nSPS) is 11.8. The summed E-state index contributed by atoms with van der Waals surface area (Å²) in [5, 5.41) is 5.54. The van der Waals surface area contributed by atoms with Crippen LogP contribution >= 0.6 is 22.9 Å². The monoisotopic (exact) mass is 386 g/mol. The van der Waals surface area contributed by atoms with E-state index in [9.17, 15) is 4.79 Å². The molecule has 0 radical (unpaired) electrons. The van der Waals surface area contributed by atoms with Crippen molar-refractivity contribution in [1.82, 2.24) is 5.43 Å². The molecule has 1 aromatic heterocycles. The fourth-order valence-electron chi connectivity index (χ4n) is 2.46. The Bertz CT molecular complexity index is 962. The molecule has 134 valence electrons. The second-order valence-corrected chi connectivity index (χ2v) is 7.50. The molecule has 0 aliphatic rings. The van der Waals surface area contributed by atoms with Gasteiger partial charge >= 0.3 is 0 Å². The van der Waals surface area contributed by atoms with E-state index in [2.05, 4.69) is 10.5 Å². The highest BCUT2D eigenvalue weighted by Crippen LogP contribution is 2.34. The minimum Gasteiger partial charge on any atom is -0.491 e. The molecule has 0 fully saturated rings. The first kappa shape index (κ1) is 18.4. The van der Waals surface area contributed by atoms with E-state index in [1.807, 2.05) is 69.3 Å². The molecule has 1 heterocycles. The number of rotatable bonds is 5. The van der Waals surface area contributed by atoms with Crippen LogP contribution in [0.15, 0.2) is 53.6 Å². The number of halogens is 1. The Hall–Kier alpha value is -2.37. The van der Waals surface area contributed by atoms with Crippen molar-refractivity contribution in [2.75, 3.05) is 0 Å². The second-order valence-electron chi connectivity index (χ2n) is 6.07. The highest BCUT2D eigenvalue weighted by Gasteiger charge is 2.16. The molecule has 0 saturated heterocycles. The number of carbonyl (C=O) groups excluding carboxylic acids is 1. The van der Waals surface area contributed by atoms with Crippen molar-refractivity contribution in [3.8, 4) is 5.75 Å². The lowest BCUT2D eigenvalue weighted by Gasteiger charge is -2.10. The number of fused-ring (bicyclic) bond motifs is 1. The lowest BCUT2D eigenvalue weighted by atomic mass is 10.1. The first-order valence-corrected chi connectivity index (χ1v) is 9.44. The number of hydrogen-bond acceptors (Lipinski definition) is 4. The number of nitrogens with zero attached hydrogens (tertiary/aromatic N) is 1. The summed E-state index contributed by atoms with van der Waals surface area (Å²) in [4.78, 5) is 12.9. The van der Waals surface area contributed by atoms with Gasteiger partial charge in [0.2, 0.25) is 0 Å². The number of hydrogen-bond donors (Lipinski definition) is 1. The summed E-state index contributed by atoms with van der Waals surface area (Å²) in [5.41, 5.74) is 4.20. The van der Waals surface area contributed by atoms with Crippen molar-refractivity contribution < 1.29 is 9.53 Å². The molecular formula is C20H19ClN2O2S. The number of hydrazone groups is 1. The van der Waals surface area contributed by atoms with Crippen LogP contribution in [0.2, 0.25) is 5.02 Å². The summed E-state index contributed by atoms with van der Waals surface area (Å²) in [6.07, 6.45) is 0.126. The number of nitrogens with one attached hydrogen (secondary N) is 1. The topological polar surface area (TPSA) is 50.7 Å². The van der Waals surface area contributed by atoms with Crippen molar-refractivity contribution in [3.05, 3.63) is 64.0 Å². The van der Waals surface area contributed by atoms with Gasteiger partial charge in [-0.05, 0) is 56.7 Å². The maximum Gasteiger partial charge on any atom is 0.283 e. The molecule has 0 unspecified atom stereocenters. The highest BCUT2D eigenvalue weighted by atomic mass is 35.5. The minimum absolute atomic E-state index is 0.126. The molecular weight excluding hydrogens is 368 g/mol. The first-order valence-electron chi connectivity index (χ1n) is 8.24. The van der Waals surface area contributed by atoms with Crippen molar-refractivity contribution in [2.24, 2.45) is 5.10 Å². The Morgan fingerprint density at radius 2 is 1.85 bits per heavy atom. The zero-order valence-corrected chi connectivity index (χ0v) is 16.3. The molecule has 0 aliphatic heterocycles. The molecule has 0 saturated carbocycles. The number of carbonyl (C=O) groups is 1. The van der Waals surface area contributed by atoms with Crippen molar-refractivity contribution >= 4 is 44.6 Å². The maximum absolute atomic E-state index is 12.4.